The normalized spacial score (nSPS) is 17.5. The second-order valence-corrected chi connectivity index (χ2v) is 11.8. The molecule has 3 atom stereocenters. The number of nitrogens with one attached hydrogen (secondary N) is 1. The lowest BCUT2D eigenvalue weighted by Crippen LogP contribution is -2.51. The standard InChI is InChI=1S/C26H37BN2O7S/c1-19(2)16-29(37(33,34)23-11-9-21(10-12-23)27(3)32)17-25(30)24(15-20-7-5-4-6-8-20)28-26(31)36-22-13-14-35-18-22/h4-12,19,22,24-25,30,32H,13-18H2,1-3H3,(H,28,31)/t22?,24-,25+/m0/s1. The van der Waals surface area contributed by atoms with Crippen LogP contribution in [0.4, 0.5) is 4.79 Å². The van der Waals surface area contributed by atoms with E-state index in [4.69, 9.17) is 9.47 Å². The fourth-order valence-electron chi connectivity index (χ4n) is 4.18. The zero-order valence-corrected chi connectivity index (χ0v) is 22.4. The largest absolute Gasteiger partial charge is 0.447 e. The summed E-state index contributed by atoms with van der Waals surface area (Å²) in [4.78, 5) is 12.7. The van der Waals surface area contributed by atoms with Crippen molar-refractivity contribution in [1.29, 1.82) is 0 Å². The van der Waals surface area contributed by atoms with E-state index in [0.717, 1.165) is 5.56 Å². The fraction of sp³-hybridized carbons (Fsp3) is 0.500. The van der Waals surface area contributed by atoms with Crippen LogP contribution in [0.3, 0.4) is 0 Å². The van der Waals surface area contributed by atoms with Gasteiger partial charge in [-0.3, -0.25) is 0 Å². The van der Waals surface area contributed by atoms with Gasteiger partial charge in [-0.2, -0.15) is 4.31 Å². The lowest BCUT2D eigenvalue weighted by molar-refractivity contribution is 0.0644. The van der Waals surface area contributed by atoms with E-state index in [1.165, 1.54) is 16.4 Å². The fourth-order valence-corrected chi connectivity index (χ4v) is 5.80. The van der Waals surface area contributed by atoms with Crippen molar-refractivity contribution in [2.45, 2.75) is 56.7 Å². The number of hydrogen-bond acceptors (Lipinski definition) is 7. The van der Waals surface area contributed by atoms with E-state index in [0.29, 0.717) is 25.1 Å². The van der Waals surface area contributed by atoms with E-state index >= 15 is 0 Å². The lowest BCUT2D eigenvalue weighted by atomic mass is 9.64. The number of aliphatic hydroxyl groups is 1. The molecule has 0 radical (unpaired) electrons. The summed E-state index contributed by atoms with van der Waals surface area (Å²) >= 11 is 0. The van der Waals surface area contributed by atoms with Gasteiger partial charge in [-0.25, -0.2) is 13.2 Å². The molecule has 1 amide bonds. The van der Waals surface area contributed by atoms with Crippen molar-refractivity contribution in [1.82, 2.24) is 9.62 Å². The predicted molar refractivity (Wildman–Crippen MR) is 142 cm³/mol. The van der Waals surface area contributed by atoms with Crippen LogP contribution in [0.5, 0.6) is 0 Å². The maximum atomic E-state index is 13.5. The number of hydrogen-bond donors (Lipinski definition) is 3. The molecule has 3 rings (SSSR count). The molecular formula is C26H37BN2O7S. The first kappa shape index (κ1) is 29.1. The van der Waals surface area contributed by atoms with Crippen LogP contribution >= 0.6 is 0 Å². The summed E-state index contributed by atoms with van der Waals surface area (Å²) in [5, 5.41) is 23.8. The Bertz CT molecular complexity index is 1090. The van der Waals surface area contributed by atoms with Crippen molar-refractivity contribution in [3.63, 3.8) is 0 Å². The monoisotopic (exact) mass is 532 g/mol. The van der Waals surface area contributed by atoms with Gasteiger partial charge in [0.1, 0.15) is 6.10 Å². The second kappa shape index (κ2) is 13.4. The molecule has 37 heavy (non-hydrogen) atoms. The molecule has 0 aliphatic carbocycles. The Morgan fingerprint density at radius 3 is 2.41 bits per heavy atom. The van der Waals surface area contributed by atoms with Gasteiger partial charge in [-0.05, 0) is 35.5 Å². The Labute approximate surface area is 219 Å². The Morgan fingerprint density at radius 1 is 1.16 bits per heavy atom. The number of sulfonamides is 1. The van der Waals surface area contributed by atoms with Crippen LogP contribution in [0.1, 0.15) is 25.8 Å². The van der Waals surface area contributed by atoms with E-state index in [1.807, 2.05) is 44.2 Å². The van der Waals surface area contributed by atoms with E-state index in [-0.39, 0.29) is 36.4 Å². The summed E-state index contributed by atoms with van der Waals surface area (Å²) < 4.78 is 39.0. The maximum Gasteiger partial charge on any atom is 0.407 e. The van der Waals surface area contributed by atoms with Crippen LogP contribution in [-0.4, -0.2) is 80.4 Å². The molecule has 1 aliphatic rings. The molecule has 1 aliphatic heterocycles. The van der Waals surface area contributed by atoms with Gasteiger partial charge in [0.2, 0.25) is 10.0 Å². The quantitative estimate of drug-likeness (QED) is 0.355. The van der Waals surface area contributed by atoms with Crippen molar-refractivity contribution in [2.24, 2.45) is 5.92 Å². The molecular weight excluding hydrogens is 495 g/mol. The number of carbonyl (C=O) groups is 1. The van der Waals surface area contributed by atoms with E-state index in [9.17, 15) is 23.3 Å². The average molecular weight is 532 g/mol. The third kappa shape index (κ3) is 8.54. The smallest absolute Gasteiger partial charge is 0.407 e. The Hall–Kier alpha value is -2.44. The molecule has 1 fully saturated rings. The summed E-state index contributed by atoms with van der Waals surface area (Å²) in [5.41, 5.74) is 1.48. The second-order valence-electron chi connectivity index (χ2n) is 9.86. The van der Waals surface area contributed by atoms with E-state index in [1.54, 1.807) is 19.0 Å². The molecule has 2 aromatic rings. The highest BCUT2D eigenvalue weighted by molar-refractivity contribution is 7.89. The molecule has 0 bridgehead atoms. The van der Waals surface area contributed by atoms with Crippen LogP contribution < -0.4 is 10.8 Å². The topological polar surface area (TPSA) is 125 Å². The van der Waals surface area contributed by atoms with E-state index < -0.39 is 35.2 Å². The zero-order chi connectivity index (χ0) is 27.0. The molecule has 9 nitrogen and oxygen atoms in total. The molecule has 1 heterocycles. The van der Waals surface area contributed by atoms with Gasteiger partial charge < -0.3 is 24.9 Å². The summed E-state index contributed by atoms with van der Waals surface area (Å²) in [6.45, 7) is 5.49. The van der Waals surface area contributed by atoms with Gasteiger partial charge in [-0.1, -0.05) is 63.1 Å². The van der Waals surface area contributed by atoms with Crippen LogP contribution in [0.2, 0.25) is 6.82 Å². The number of amides is 1. The molecule has 3 N–H and O–H groups in total. The predicted octanol–water partition coefficient (Wildman–Crippen LogP) is 1.64. The molecule has 2 aromatic carbocycles. The molecule has 11 heteroatoms. The van der Waals surface area contributed by atoms with Crippen molar-refractivity contribution >= 4 is 28.5 Å². The van der Waals surface area contributed by atoms with Crippen LogP contribution in [0.25, 0.3) is 0 Å². The number of nitrogens with zero attached hydrogens (tertiary/aromatic N) is 1. The van der Waals surface area contributed by atoms with Crippen LogP contribution in [-0.2, 0) is 25.9 Å². The summed E-state index contributed by atoms with van der Waals surface area (Å²) in [6.07, 6.45) is -1.35. The number of benzene rings is 2. The Kier molecular flexibility index (Phi) is 10.5. The van der Waals surface area contributed by atoms with Crippen molar-refractivity contribution in [2.75, 3.05) is 26.3 Å². The number of alkyl carbamates (subject to hydrolysis) is 1. The summed E-state index contributed by atoms with van der Waals surface area (Å²) in [6, 6.07) is 14.6. The summed E-state index contributed by atoms with van der Waals surface area (Å²) in [7, 11) is -3.96. The minimum Gasteiger partial charge on any atom is -0.447 e. The molecule has 1 saturated heterocycles. The minimum absolute atomic E-state index is 0.00780. The van der Waals surface area contributed by atoms with Crippen molar-refractivity contribution in [3.8, 4) is 0 Å². The first-order valence-corrected chi connectivity index (χ1v) is 14.0. The first-order valence-electron chi connectivity index (χ1n) is 12.6. The van der Waals surface area contributed by atoms with Gasteiger partial charge in [0.15, 0.2) is 0 Å². The molecule has 0 saturated carbocycles. The van der Waals surface area contributed by atoms with Gasteiger partial charge in [0.25, 0.3) is 0 Å². The van der Waals surface area contributed by atoms with Gasteiger partial charge >= 0.3 is 13.0 Å². The van der Waals surface area contributed by atoms with Crippen LogP contribution in [0, 0.1) is 5.92 Å². The van der Waals surface area contributed by atoms with Crippen molar-refractivity contribution in [3.05, 3.63) is 60.2 Å². The lowest BCUT2D eigenvalue weighted by Gasteiger charge is -2.30. The average Bonchev–Trinajstić information content (AvgIpc) is 3.36. The molecule has 0 aromatic heterocycles. The van der Waals surface area contributed by atoms with Gasteiger partial charge in [0, 0.05) is 19.5 Å². The minimum atomic E-state index is -3.96. The maximum absolute atomic E-state index is 13.5. The Balaban J connectivity index is 1.81. The van der Waals surface area contributed by atoms with Gasteiger partial charge in [0.05, 0.1) is 30.3 Å². The third-order valence-electron chi connectivity index (χ3n) is 6.19. The first-order chi connectivity index (χ1) is 17.6. The summed E-state index contributed by atoms with van der Waals surface area (Å²) in [5.74, 6) is -0.00780. The molecule has 0 spiro atoms. The number of rotatable bonds is 12. The SMILES string of the molecule is CB(O)c1ccc(S(=O)(=O)N(CC(C)C)C[C@@H](O)[C@H](Cc2ccccc2)NC(=O)OC2CCOC2)cc1. The van der Waals surface area contributed by atoms with Crippen molar-refractivity contribution < 1.29 is 32.8 Å². The van der Waals surface area contributed by atoms with Crippen LogP contribution in [0.15, 0.2) is 59.5 Å². The highest BCUT2D eigenvalue weighted by Gasteiger charge is 2.32. The highest BCUT2D eigenvalue weighted by Crippen LogP contribution is 2.19. The van der Waals surface area contributed by atoms with Gasteiger partial charge in [-0.15, -0.1) is 0 Å². The van der Waals surface area contributed by atoms with E-state index in [2.05, 4.69) is 5.32 Å². The molecule has 202 valence electrons. The zero-order valence-electron chi connectivity index (χ0n) is 21.6. The highest BCUT2D eigenvalue weighted by atomic mass is 32.2. The Morgan fingerprint density at radius 2 is 1.84 bits per heavy atom. The molecule has 1 unspecified atom stereocenters. The number of aliphatic hydroxyl groups excluding tert-OH is 1. The number of ether oxygens (including phenoxy) is 2. The third-order valence-corrected chi connectivity index (χ3v) is 8.03. The number of carbonyl (C=O) groups excluding carboxylic acids is 1.